The highest BCUT2D eigenvalue weighted by molar-refractivity contribution is 5.72. The van der Waals surface area contributed by atoms with E-state index in [2.05, 4.69) is 10.3 Å². The Kier molecular flexibility index (Phi) is 5.03. The molecule has 0 unspecified atom stereocenters. The predicted molar refractivity (Wildman–Crippen MR) is 72.3 cm³/mol. The largest absolute Gasteiger partial charge is 0.444 e. The van der Waals surface area contributed by atoms with Crippen LogP contribution >= 0.6 is 0 Å². The number of hydrogen-bond acceptors (Lipinski definition) is 4. The lowest BCUT2D eigenvalue weighted by molar-refractivity contribution is 0.0528. The second kappa shape index (κ2) is 6.31. The molecule has 0 saturated carbocycles. The van der Waals surface area contributed by atoms with Crippen LogP contribution in [0.15, 0.2) is 12.1 Å². The van der Waals surface area contributed by atoms with Gasteiger partial charge in [-0.15, -0.1) is 0 Å². The van der Waals surface area contributed by atoms with E-state index in [1.54, 1.807) is 6.07 Å². The molecule has 0 saturated heterocycles. The third kappa shape index (κ3) is 5.99. The number of aldehydes is 1. The van der Waals surface area contributed by atoms with Crippen molar-refractivity contribution < 1.29 is 14.3 Å². The molecule has 5 heteroatoms. The Bertz CT molecular complexity index is 464. The molecule has 0 radical (unpaired) electrons. The Labute approximate surface area is 113 Å². The van der Waals surface area contributed by atoms with Crippen LogP contribution in [0, 0.1) is 6.92 Å². The van der Waals surface area contributed by atoms with E-state index in [1.165, 1.54) is 0 Å². The van der Waals surface area contributed by atoms with Crippen molar-refractivity contribution in [2.75, 3.05) is 6.54 Å². The average Bonchev–Trinajstić information content (AvgIpc) is 2.25. The zero-order chi connectivity index (χ0) is 14.5. The normalized spacial score (nSPS) is 10.9. The van der Waals surface area contributed by atoms with Gasteiger partial charge in [0.25, 0.3) is 0 Å². The predicted octanol–water partition coefficient (Wildman–Crippen LogP) is 2.27. The van der Waals surface area contributed by atoms with Crippen molar-refractivity contribution in [2.24, 2.45) is 0 Å². The van der Waals surface area contributed by atoms with Crippen molar-refractivity contribution in [2.45, 2.75) is 39.7 Å². The molecule has 1 heterocycles. The van der Waals surface area contributed by atoms with E-state index >= 15 is 0 Å². The van der Waals surface area contributed by atoms with E-state index in [1.807, 2.05) is 33.8 Å². The number of nitrogens with one attached hydrogen (secondary N) is 1. The average molecular weight is 264 g/mol. The molecule has 0 aliphatic rings. The van der Waals surface area contributed by atoms with E-state index < -0.39 is 11.7 Å². The topological polar surface area (TPSA) is 68.3 Å². The van der Waals surface area contributed by atoms with Crippen molar-refractivity contribution in [3.8, 4) is 0 Å². The van der Waals surface area contributed by atoms with Gasteiger partial charge in [-0.3, -0.25) is 4.79 Å². The molecule has 1 amide bonds. The third-order valence-electron chi connectivity index (χ3n) is 2.21. The van der Waals surface area contributed by atoms with Gasteiger partial charge in [-0.2, -0.15) is 0 Å². The number of hydrogen-bond donors (Lipinski definition) is 1. The van der Waals surface area contributed by atoms with Gasteiger partial charge < -0.3 is 10.1 Å². The van der Waals surface area contributed by atoms with Crippen molar-refractivity contribution in [3.05, 3.63) is 29.1 Å². The Hall–Kier alpha value is -1.91. The van der Waals surface area contributed by atoms with E-state index in [0.29, 0.717) is 18.7 Å². The minimum atomic E-state index is -0.504. The quantitative estimate of drug-likeness (QED) is 0.847. The summed E-state index contributed by atoms with van der Waals surface area (Å²) in [6, 6.07) is 3.61. The van der Waals surface area contributed by atoms with Crippen LogP contribution in [0.4, 0.5) is 4.79 Å². The van der Waals surface area contributed by atoms with Gasteiger partial charge in [-0.05, 0) is 45.4 Å². The van der Waals surface area contributed by atoms with E-state index in [4.69, 9.17) is 4.74 Å². The van der Waals surface area contributed by atoms with Gasteiger partial charge in [0.05, 0.1) is 0 Å². The number of alkyl carbamates (subject to hydrolysis) is 1. The molecule has 1 aromatic heterocycles. The van der Waals surface area contributed by atoms with Crippen molar-refractivity contribution in [1.29, 1.82) is 0 Å². The number of aromatic nitrogens is 1. The second-order valence-electron chi connectivity index (χ2n) is 5.36. The number of rotatable bonds is 4. The number of aryl methyl sites for hydroxylation is 1. The maximum absolute atomic E-state index is 11.4. The van der Waals surface area contributed by atoms with Gasteiger partial charge in [0, 0.05) is 18.7 Å². The number of nitrogens with zero attached hydrogens (tertiary/aromatic N) is 1. The highest BCUT2D eigenvalue weighted by atomic mass is 16.6. The molecule has 0 aliphatic carbocycles. The van der Waals surface area contributed by atoms with Crippen LogP contribution in [-0.2, 0) is 11.2 Å². The highest BCUT2D eigenvalue weighted by Gasteiger charge is 2.15. The van der Waals surface area contributed by atoms with Crippen LogP contribution in [0.25, 0.3) is 0 Å². The zero-order valence-corrected chi connectivity index (χ0v) is 11.8. The molecule has 1 N–H and O–H groups in total. The molecule has 19 heavy (non-hydrogen) atoms. The molecule has 5 nitrogen and oxygen atoms in total. The number of carbonyl (C=O) groups excluding carboxylic acids is 2. The Balaban J connectivity index is 2.47. The molecule has 0 fully saturated rings. The summed E-state index contributed by atoms with van der Waals surface area (Å²) >= 11 is 0. The summed E-state index contributed by atoms with van der Waals surface area (Å²) in [5.74, 6) is 0. The monoisotopic (exact) mass is 264 g/mol. The summed E-state index contributed by atoms with van der Waals surface area (Å²) in [6.45, 7) is 7.75. The smallest absolute Gasteiger partial charge is 0.407 e. The zero-order valence-electron chi connectivity index (χ0n) is 11.8. The maximum Gasteiger partial charge on any atom is 0.407 e. The molecule has 0 aromatic carbocycles. The van der Waals surface area contributed by atoms with Crippen LogP contribution in [-0.4, -0.2) is 29.5 Å². The molecular formula is C14H20N2O3. The number of amides is 1. The van der Waals surface area contributed by atoms with Crippen LogP contribution in [0.5, 0.6) is 0 Å². The third-order valence-corrected chi connectivity index (χ3v) is 2.21. The van der Waals surface area contributed by atoms with E-state index in [-0.39, 0.29) is 0 Å². The van der Waals surface area contributed by atoms with Gasteiger partial charge in [0.15, 0.2) is 6.29 Å². The van der Waals surface area contributed by atoms with E-state index in [9.17, 15) is 9.59 Å². The standard InChI is InChI=1S/C14H20N2O3/c1-10-7-11(16-12(8-10)9-17)5-6-15-13(18)19-14(2,3)4/h7-9H,5-6H2,1-4H3,(H,15,18). The first-order valence-corrected chi connectivity index (χ1v) is 6.20. The van der Waals surface area contributed by atoms with Crippen LogP contribution in [0.1, 0.15) is 42.5 Å². The fourth-order valence-electron chi connectivity index (χ4n) is 1.56. The first kappa shape index (κ1) is 15.1. The first-order valence-electron chi connectivity index (χ1n) is 6.20. The van der Waals surface area contributed by atoms with Crippen LogP contribution in [0.3, 0.4) is 0 Å². The number of pyridine rings is 1. The molecule has 1 aromatic rings. The molecule has 104 valence electrons. The van der Waals surface area contributed by atoms with Gasteiger partial charge >= 0.3 is 6.09 Å². The van der Waals surface area contributed by atoms with Gasteiger partial charge in [-0.1, -0.05) is 0 Å². The summed E-state index contributed by atoms with van der Waals surface area (Å²) < 4.78 is 5.12. The van der Waals surface area contributed by atoms with Crippen molar-refractivity contribution in [3.63, 3.8) is 0 Å². The molecule has 0 atom stereocenters. The minimum Gasteiger partial charge on any atom is -0.444 e. The fraction of sp³-hybridized carbons (Fsp3) is 0.500. The Morgan fingerprint density at radius 3 is 2.68 bits per heavy atom. The lowest BCUT2D eigenvalue weighted by Crippen LogP contribution is -2.33. The summed E-state index contributed by atoms with van der Waals surface area (Å²) in [7, 11) is 0. The van der Waals surface area contributed by atoms with Gasteiger partial charge in [0.2, 0.25) is 0 Å². The molecule has 0 spiro atoms. The number of carbonyl (C=O) groups is 2. The summed E-state index contributed by atoms with van der Waals surface area (Å²) in [5, 5.41) is 2.66. The molecular weight excluding hydrogens is 244 g/mol. The first-order chi connectivity index (χ1) is 8.80. The van der Waals surface area contributed by atoms with E-state index in [0.717, 1.165) is 17.5 Å². The minimum absolute atomic E-state index is 0.410. The summed E-state index contributed by atoms with van der Waals surface area (Å²) in [4.78, 5) is 26.3. The highest BCUT2D eigenvalue weighted by Crippen LogP contribution is 2.07. The second-order valence-corrected chi connectivity index (χ2v) is 5.36. The lowest BCUT2D eigenvalue weighted by atomic mass is 10.2. The SMILES string of the molecule is Cc1cc(C=O)nc(CCNC(=O)OC(C)(C)C)c1. The van der Waals surface area contributed by atoms with Gasteiger partial charge in [-0.25, -0.2) is 9.78 Å². The Morgan fingerprint density at radius 1 is 1.42 bits per heavy atom. The molecule has 1 rings (SSSR count). The lowest BCUT2D eigenvalue weighted by Gasteiger charge is -2.19. The molecule has 0 bridgehead atoms. The number of ether oxygens (including phenoxy) is 1. The summed E-state index contributed by atoms with van der Waals surface area (Å²) in [5.41, 5.74) is 1.66. The fourth-order valence-corrected chi connectivity index (χ4v) is 1.56. The van der Waals surface area contributed by atoms with Gasteiger partial charge in [0.1, 0.15) is 11.3 Å². The summed E-state index contributed by atoms with van der Waals surface area (Å²) in [6.07, 6.45) is 0.829. The van der Waals surface area contributed by atoms with Crippen molar-refractivity contribution in [1.82, 2.24) is 10.3 Å². The van der Waals surface area contributed by atoms with Crippen molar-refractivity contribution >= 4 is 12.4 Å². The molecule has 0 aliphatic heterocycles. The van der Waals surface area contributed by atoms with Crippen LogP contribution < -0.4 is 5.32 Å². The maximum atomic E-state index is 11.4. The Morgan fingerprint density at radius 2 is 2.11 bits per heavy atom. The van der Waals surface area contributed by atoms with Crippen LogP contribution in [0.2, 0.25) is 0 Å².